The zero-order valence-electron chi connectivity index (χ0n) is 20.0. The van der Waals surface area contributed by atoms with Gasteiger partial charge in [0.2, 0.25) is 5.91 Å². The van der Waals surface area contributed by atoms with E-state index in [9.17, 15) is 4.79 Å². The quantitative estimate of drug-likeness (QED) is 0.240. The van der Waals surface area contributed by atoms with Crippen molar-refractivity contribution in [2.75, 3.05) is 19.4 Å². The molecule has 0 aliphatic rings. The summed E-state index contributed by atoms with van der Waals surface area (Å²) in [5.41, 5.74) is 4.09. The molecule has 0 spiro atoms. The number of aromatic nitrogens is 4. The SMILES string of the molecule is COc1cccc(-c2nnc(SCCCC(=O)NCCc3ccccn3)n2-c2ccc(C)cc2)c1. The summed E-state index contributed by atoms with van der Waals surface area (Å²) in [6.45, 7) is 2.66. The summed E-state index contributed by atoms with van der Waals surface area (Å²) in [7, 11) is 1.65. The van der Waals surface area contributed by atoms with Crippen LogP contribution < -0.4 is 10.1 Å². The molecule has 1 amide bonds. The Morgan fingerprint density at radius 3 is 2.69 bits per heavy atom. The molecule has 4 rings (SSSR count). The number of aryl methyl sites for hydroxylation is 1. The van der Waals surface area contributed by atoms with E-state index in [2.05, 4.69) is 56.3 Å². The third-order valence-corrected chi connectivity index (χ3v) is 6.48. The number of methoxy groups -OCH3 is 1. The normalized spacial score (nSPS) is 10.8. The second-order valence-corrected chi connectivity index (χ2v) is 9.14. The Bertz CT molecular complexity index is 1240. The summed E-state index contributed by atoms with van der Waals surface area (Å²) in [4.78, 5) is 16.5. The Labute approximate surface area is 210 Å². The van der Waals surface area contributed by atoms with Gasteiger partial charge in [0.15, 0.2) is 11.0 Å². The molecular formula is C27H29N5O2S. The van der Waals surface area contributed by atoms with Gasteiger partial charge in [-0.05, 0) is 49.7 Å². The van der Waals surface area contributed by atoms with E-state index < -0.39 is 0 Å². The average molecular weight is 488 g/mol. The Morgan fingerprint density at radius 1 is 1.06 bits per heavy atom. The maximum absolute atomic E-state index is 12.2. The second kappa shape index (κ2) is 12.2. The van der Waals surface area contributed by atoms with Crippen LogP contribution in [0.2, 0.25) is 0 Å². The van der Waals surface area contributed by atoms with E-state index in [1.807, 2.05) is 42.5 Å². The number of pyridine rings is 1. The van der Waals surface area contributed by atoms with Crippen molar-refractivity contribution >= 4 is 17.7 Å². The summed E-state index contributed by atoms with van der Waals surface area (Å²) in [6, 6.07) is 21.9. The Hall–Kier alpha value is -3.65. The van der Waals surface area contributed by atoms with Gasteiger partial charge in [-0.25, -0.2) is 0 Å². The van der Waals surface area contributed by atoms with Crippen molar-refractivity contribution in [2.45, 2.75) is 31.3 Å². The smallest absolute Gasteiger partial charge is 0.220 e. The molecule has 2 aromatic heterocycles. The van der Waals surface area contributed by atoms with Crippen molar-refractivity contribution in [3.63, 3.8) is 0 Å². The first-order valence-corrected chi connectivity index (χ1v) is 12.6. The number of nitrogens with zero attached hydrogens (tertiary/aromatic N) is 4. The molecule has 2 aromatic carbocycles. The highest BCUT2D eigenvalue weighted by Crippen LogP contribution is 2.30. The summed E-state index contributed by atoms with van der Waals surface area (Å²) in [6.07, 6.45) is 3.71. The summed E-state index contributed by atoms with van der Waals surface area (Å²) < 4.78 is 7.46. The molecule has 0 fully saturated rings. The molecule has 35 heavy (non-hydrogen) atoms. The van der Waals surface area contributed by atoms with Crippen LogP contribution in [0.15, 0.2) is 78.1 Å². The first-order valence-electron chi connectivity index (χ1n) is 11.6. The van der Waals surface area contributed by atoms with Crippen molar-refractivity contribution in [1.29, 1.82) is 0 Å². The summed E-state index contributed by atoms with van der Waals surface area (Å²) in [5, 5.41) is 12.7. The van der Waals surface area contributed by atoms with E-state index in [4.69, 9.17) is 4.74 Å². The van der Waals surface area contributed by atoms with E-state index in [-0.39, 0.29) is 5.91 Å². The fourth-order valence-corrected chi connectivity index (χ4v) is 4.49. The van der Waals surface area contributed by atoms with Crippen molar-refractivity contribution in [1.82, 2.24) is 25.1 Å². The standard InChI is InChI=1S/C27H29N5O2S/c1-20-11-13-23(14-12-20)32-26(21-7-5-9-24(19-21)34-2)30-31-27(32)35-18-6-10-25(33)29-17-15-22-8-3-4-16-28-22/h3-5,7-9,11-14,16,19H,6,10,15,17-18H2,1-2H3,(H,29,33). The molecule has 0 saturated heterocycles. The zero-order chi connectivity index (χ0) is 24.5. The number of rotatable bonds is 11. The lowest BCUT2D eigenvalue weighted by atomic mass is 10.2. The monoisotopic (exact) mass is 487 g/mol. The van der Waals surface area contributed by atoms with Gasteiger partial charge in [0, 0.05) is 48.3 Å². The van der Waals surface area contributed by atoms with Crippen molar-refractivity contribution in [2.24, 2.45) is 0 Å². The Balaban J connectivity index is 1.38. The number of nitrogens with one attached hydrogen (secondary N) is 1. The van der Waals surface area contributed by atoms with Gasteiger partial charge in [0.05, 0.1) is 7.11 Å². The molecule has 8 heteroatoms. The molecule has 7 nitrogen and oxygen atoms in total. The fourth-order valence-electron chi connectivity index (χ4n) is 3.60. The average Bonchev–Trinajstić information content (AvgIpc) is 3.31. The second-order valence-electron chi connectivity index (χ2n) is 8.08. The van der Waals surface area contributed by atoms with Crippen LogP contribution in [-0.4, -0.2) is 45.1 Å². The van der Waals surface area contributed by atoms with Crippen molar-refractivity contribution in [3.05, 3.63) is 84.2 Å². The van der Waals surface area contributed by atoms with Crippen LogP contribution in [-0.2, 0) is 11.2 Å². The Kier molecular flexibility index (Phi) is 8.51. The van der Waals surface area contributed by atoms with Gasteiger partial charge in [-0.15, -0.1) is 10.2 Å². The topological polar surface area (TPSA) is 81.9 Å². The summed E-state index contributed by atoms with van der Waals surface area (Å²) in [5.74, 6) is 2.33. The molecule has 0 saturated carbocycles. The number of amides is 1. The Morgan fingerprint density at radius 2 is 1.91 bits per heavy atom. The number of carbonyl (C=O) groups excluding carboxylic acids is 1. The highest BCUT2D eigenvalue weighted by molar-refractivity contribution is 7.99. The predicted octanol–water partition coefficient (Wildman–Crippen LogP) is 4.88. The molecule has 4 aromatic rings. The van der Waals surface area contributed by atoms with Gasteiger partial charge in [-0.1, -0.05) is 47.7 Å². The minimum absolute atomic E-state index is 0.0543. The molecule has 0 atom stereocenters. The maximum atomic E-state index is 12.2. The minimum atomic E-state index is 0.0543. The van der Waals surface area contributed by atoms with Crippen molar-refractivity contribution in [3.8, 4) is 22.8 Å². The van der Waals surface area contributed by atoms with E-state index >= 15 is 0 Å². The lowest BCUT2D eigenvalue weighted by Crippen LogP contribution is -2.25. The molecule has 2 heterocycles. The van der Waals surface area contributed by atoms with E-state index in [1.165, 1.54) is 5.56 Å². The van der Waals surface area contributed by atoms with Crippen LogP contribution in [0.1, 0.15) is 24.1 Å². The van der Waals surface area contributed by atoms with Gasteiger partial charge in [0.1, 0.15) is 5.75 Å². The third kappa shape index (κ3) is 6.70. The van der Waals surface area contributed by atoms with Crippen LogP contribution in [0.5, 0.6) is 5.75 Å². The van der Waals surface area contributed by atoms with Gasteiger partial charge in [0.25, 0.3) is 0 Å². The number of ether oxygens (including phenoxy) is 1. The number of benzene rings is 2. The first kappa shape index (κ1) is 24.5. The number of hydrogen-bond donors (Lipinski definition) is 1. The van der Waals surface area contributed by atoms with E-state index in [0.29, 0.717) is 13.0 Å². The predicted molar refractivity (Wildman–Crippen MR) is 139 cm³/mol. The first-order chi connectivity index (χ1) is 17.1. The van der Waals surface area contributed by atoms with E-state index in [1.54, 1.807) is 25.1 Å². The maximum Gasteiger partial charge on any atom is 0.220 e. The molecule has 0 aliphatic carbocycles. The largest absolute Gasteiger partial charge is 0.497 e. The van der Waals surface area contributed by atoms with Gasteiger partial charge >= 0.3 is 0 Å². The molecule has 0 aliphatic heterocycles. The number of carbonyl (C=O) groups is 1. The van der Waals surface area contributed by atoms with Crippen molar-refractivity contribution < 1.29 is 9.53 Å². The van der Waals surface area contributed by atoms with Crippen LogP contribution in [0.4, 0.5) is 0 Å². The lowest BCUT2D eigenvalue weighted by Gasteiger charge is -2.11. The lowest BCUT2D eigenvalue weighted by molar-refractivity contribution is -0.121. The zero-order valence-corrected chi connectivity index (χ0v) is 20.8. The van der Waals surface area contributed by atoms with Crippen LogP contribution in [0, 0.1) is 6.92 Å². The van der Waals surface area contributed by atoms with E-state index in [0.717, 1.165) is 52.3 Å². The molecular weight excluding hydrogens is 458 g/mol. The van der Waals surface area contributed by atoms with Crippen LogP contribution in [0.25, 0.3) is 17.1 Å². The van der Waals surface area contributed by atoms with Gasteiger partial charge in [-0.3, -0.25) is 14.3 Å². The van der Waals surface area contributed by atoms with Gasteiger partial charge < -0.3 is 10.1 Å². The third-order valence-electron chi connectivity index (χ3n) is 5.46. The molecule has 0 bridgehead atoms. The van der Waals surface area contributed by atoms with Crippen LogP contribution in [0.3, 0.4) is 0 Å². The summed E-state index contributed by atoms with van der Waals surface area (Å²) >= 11 is 1.60. The molecule has 0 radical (unpaired) electrons. The fraction of sp³-hybridized carbons (Fsp3) is 0.259. The highest BCUT2D eigenvalue weighted by Gasteiger charge is 2.17. The molecule has 1 N–H and O–H groups in total. The van der Waals surface area contributed by atoms with Gasteiger partial charge in [-0.2, -0.15) is 0 Å². The van der Waals surface area contributed by atoms with Crippen LogP contribution >= 0.6 is 11.8 Å². The number of hydrogen-bond acceptors (Lipinski definition) is 6. The highest BCUT2D eigenvalue weighted by atomic mass is 32.2. The number of thioether (sulfide) groups is 1. The molecule has 180 valence electrons. The molecule has 0 unspecified atom stereocenters. The minimum Gasteiger partial charge on any atom is -0.497 e.